The van der Waals surface area contributed by atoms with Crippen molar-refractivity contribution in [3.05, 3.63) is 46.9 Å². The maximum Gasteiger partial charge on any atom is 0.318 e. The number of urea groups is 1. The molecule has 1 aliphatic rings. The van der Waals surface area contributed by atoms with Gasteiger partial charge in [0.15, 0.2) is 5.82 Å². The second-order valence-electron chi connectivity index (χ2n) is 6.13. The van der Waals surface area contributed by atoms with Gasteiger partial charge in [-0.15, -0.1) is 0 Å². The number of benzene rings is 1. The predicted octanol–water partition coefficient (Wildman–Crippen LogP) is 2.75. The summed E-state index contributed by atoms with van der Waals surface area (Å²) in [7, 11) is 3.20. The first-order valence-electron chi connectivity index (χ1n) is 8.13. The molecular formula is C17H21FN4O3. The second kappa shape index (κ2) is 7.18. The van der Waals surface area contributed by atoms with Crippen LogP contribution in [0.1, 0.15) is 48.3 Å². The van der Waals surface area contributed by atoms with Crippen LogP contribution in [0.2, 0.25) is 0 Å². The second-order valence-corrected chi connectivity index (χ2v) is 6.13. The Labute approximate surface area is 145 Å². The lowest BCUT2D eigenvalue weighted by atomic mass is 10.1. The summed E-state index contributed by atoms with van der Waals surface area (Å²) in [6.45, 7) is 1.99. The largest absolute Gasteiger partial charge is 0.374 e. The highest BCUT2D eigenvalue weighted by Crippen LogP contribution is 2.32. The number of ether oxygens (including phenoxy) is 1. The van der Waals surface area contributed by atoms with Gasteiger partial charge in [-0.25, -0.2) is 9.18 Å². The van der Waals surface area contributed by atoms with E-state index in [0.29, 0.717) is 30.1 Å². The average Bonchev–Trinajstić information content (AvgIpc) is 3.22. The van der Waals surface area contributed by atoms with Gasteiger partial charge in [0, 0.05) is 14.2 Å². The van der Waals surface area contributed by atoms with E-state index in [2.05, 4.69) is 15.5 Å². The van der Waals surface area contributed by atoms with Crippen molar-refractivity contribution in [1.29, 1.82) is 0 Å². The summed E-state index contributed by atoms with van der Waals surface area (Å²) in [6, 6.07) is 4.50. The quantitative estimate of drug-likeness (QED) is 0.899. The fraction of sp³-hybridized carbons (Fsp3) is 0.471. The van der Waals surface area contributed by atoms with Crippen molar-refractivity contribution in [2.75, 3.05) is 14.2 Å². The van der Waals surface area contributed by atoms with Crippen LogP contribution in [0.4, 0.5) is 9.18 Å². The number of rotatable bonds is 5. The Bertz CT molecular complexity index is 764. The number of aromatic nitrogens is 2. The van der Waals surface area contributed by atoms with Crippen molar-refractivity contribution in [1.82, 2.24) is 20.4 Å². The lowest BCUT2D eigenvalue weighted by Gasteiger charge is -2.20. The van der Waals surface area contributed by atoms with Gasteiger partial charge in [0.1, 0.15) is 18.5 Å². The summed E-state index contributed by atoms with van der Waals surface area (Å²) in [4.78, 5) is 18.1. The fourth-order valence-electron chi connectivity index (χ4n) is 2.90. The summed E-state index contributed by atoms with van der Waals surface area (Å²) in [5.41, 5.74) is 1.53. The minimum absolute atomic E-state index is 0.179. The molecule has 2 amide bonds. The van der Waals surface area contributed by atoms with Gasteiger partial charge in [-0.2, -0.15) is 4.98 Å². The highest BCUT2D eigenvalue weighted by atomic mass is 19.1. The molecule has 0 spiro atoms. The van der Waals surface area contributed by atoms with Crippen LogP contribution in [0.25, 0.3) is 0 Å². The number of fused-ring (bicyclic) bond motifs is 1. The Balaban J connectivity index is 1.61. The molecule has 7 nitrogen and oxygen atoms in total. The summed E-state index contributed by atoms with van der Waals surface area (Å²) in [6.07, 6.45) is 1.03. The van der Waals surface area contributed by atoms with Crippen molar-refractivity contribution in [2.45, 2.75) is 38.5 Å². The van der Waals surface area contributed by atoms with Gasteiger partial charge >= 0.3 is 6.03 Å². The van der Waals surface area contributed by atoms with Crippen molar-refractivity contribution < 1.29 is 18.4 Å². The van der Waals surface area contributed by atoms with Gasteiger partial charge in [-0.3, -0.25) is 0 Å². The number of nitrogens with one attached hydrogen (secondary N) is 1. The Hall–Kier alpha value is -2.48. The fourth-order valence-corrected chi connectivity index (χ4v) is 2.90. The monoisotopic (exact) mass is 348 g/mol. The molecule has 2 aromatic rings. The molecule has 1 N–H and O–H groups in total. The van der Waals surface area contributed by atoms with E-state index in [4.69, 9.17) is 9.26 Å². The highest BCUT2D eigenvalue weighted by Gasteiger charge is 2.27. The van der Waals surface area contributed by atoms with Crippen LogP contribution >= 0.6 is 0 Å². The SMILES string of the molecule is CO[C@@H](C)c1noc(CN(C)C(=O)N[C@H]2CCc3c(F)cccc32)n1. The van der Waals surface area contributed by atoms with E-state index in [1.807, 2.05) is 13.0 Å². The lowest BCUT2D eigenvalue weighted by Crippen LogP contribution is -2.38. The van der Waals surface area contributed by atoms with Gasteiger partial charge in [-0.05, 0) is 37.0 Å². The van der Waals surface area contributed by atoms with Crippen molar-refractivity contribution >= 4 is 6.03 Å². The third-order valence-corrected chi connectivity index (χ3v) is 4.43. The van der Waals surface area contributed by atoms with Crippen molar-refractivity contribution in [3.8, 4) is 0 Å². The standard InChI is InChI=1S/C17H21FN4O3/c1-10(24-3)16-20-15(25-21-16)9-22(2)17(23)19-14-8-7-11-12(14)5-4-6-13(11)18/h4-6,10,14H,7-9H2,1-3H3,(H,19,23)/t10-,14-/m0/s1. The third kappa shape index (κ3) is 3.63. The average molecular weight is 348 g/mol. The molecule has 0 radical (unpaired) electrons. The Kier molecular flexibility index (Phi) is 4.98. The van der Waals surface area contributed by atoms with E-state index >= 15 is 0 Å². The predicted molar refractivity (Wildman–Crippen MR) is 87.2 cm³/mol. The Morgan fingerprint density at radius 1 is 1.56 bits per heavy atom. The minimum atomic E-state index is -0.276. The van der Waals surface area contributed by atoms with Gasteiger partial charge in [0.05, 0.1) is 6.04 Å². The zero-order valence-electron chi connectivity index (χ0n) is 14.5. The first-order valence-corrected chi connectivity index (χ1v) is 8.13. The van der Waals surface area contributed by atoms with Crippen LogP contribution in [-0.4, -0.2) is 35.2 Å². The normalized spacial score (nSPS) is 17.2. The highest BCUT2D eigenvalue weighted by molar-refractivity contribution is 5.74. The number of nitrogens with zero attached hydrogens (tertiary/aromatic N) is 3. The van der Waals surface area contributed by atoms with Gasteiger partial charge in [-0.1, -0.05) is 17.3 Å². The smallest absolute Gasteiger partial charge is 0.318 e. The molecule has 134 valence electrons. The number of methoxy groups -OCH3 is 1. The number of halogens is 1. The first kappa shape index (κ1) is 17.3. The molecule has 1 aliphatic carbocycles. The molecule has 2 atom stereocenters. The zero-order valence-corrected chi connectivity index (χ0v) is 14.5. The van der Waals surface area contributed by atoms with E-state index in [0.717, 1.165) is 5.56 Å². The molecule has 0 saturated heterocycles. The van der Waals surface area contributed by atoms with Crippen LogP contribution in [0.3, 0.4) is 0 Å². The van der Waals surface area contributed by atoms with Crippen LogP contribution in [0.15, 0.2) is 22.7 Å². The van der Waals surface area contributed by atoms with E-state index in [-0.39, 0.29) is 30.5 Å². The Morgan fingerprint density at radius 2 is 2.36 bits per heavy atom. The summed E-state index contributed by atoms with van der Waals surface area (Å²) >= 11 is 0. The molecule has 1 heterocycles. The molecule has 0 fully saturated rings. The van der Waals surface area contributed by atoms with E-state index in [1.54, 1.807) is 20.2 Å². The number of hydrogen-bond donors (Lipinski definition) is 1. The summed E-state index contributed by atoms with van der Waals surface area (Å²) in [5.74, 6) is 0.550. The van der Waals surface area contributed by atoms with Crippen LogP contribution in [0, 0.1) is 5.82 Å². The van der Waals surface area contributed by atoms with Gasteiger partial charge in [0.2, 0.25) is 5.89 Å². The molecule has 0 aliphatic heterocycles. The van der Waals surface area contributed by atoms with Crippen LogP contribution < -0.4 is 5.32 Å². The van der Waals surface area contributed by atoms with Gasteiger partial charge in [0.25, 0.3) is 0 Å². The maximum atomic E-state index is 13.8. The number of hydrogen-bond acceptors (Lipinski definition) is 5. The molecule has 0 saturated carbocycles. The maximum absolute atomic E-state index is 13.8. The van der Waals surface area contributed by atoms with Crippen LogP contribution in [-0.2, 0) is 17.7 Å². The number of carbonyl (C=O) groups is 1. The molecule has 1 aromatic carbocycles. The van der Waals surface area contributed by atoms with Crippen molar-refractivity contribution in [3.63, 3.8) is 0 Å². The molecule has 8 heteroatoms. The minimum Gasteiger partial charge on any atom is -0.374 e. The van der Waals surface area contributed by atoms with E-state index in [9.17, 15) is 9.18 Å². The molecule has 1 aromatic heterocycles. The molecule has 3 rings (SSSR count). The van der Waals surface area contributed by atoms with E-state index in [1.165, 1.54) is 11.0 Å². The lowest BCUT2D eigenvalue weighted by molar-refractivity contribution is 0.109. The van der Waals surface area contributed by atoms with Gasteiger partial charge < -0.3 is 19.5 Å². The molecular weight excluding hydrogens is 327 g/mol. The topological polar surface area (TPSA) is 80.5 Å². The third-order valence-electron chi connectivity index (χ3n) is 4.43. The van der Waals surface area contributed by atoms with Crippen molar-refractivity contribution in [2.24, 2.45) is 0 Å². The summed E-state index contributed by atoms with van der Waals surface area (Å²) < 4.78 is 24.0. The zero-order chi connectivity index (χ0) is 18.0. The van der Waals surface area contributed by atoms with E-state index < -0.39 is 0 Å². The molecule has 0 bridgehead atoms. The van der Waals surface area contributed by atoms with Crippen LogP contribution in [0.5, 0.6) is 0 Å². The molecule has 0 unspecified atom stereocenters. The Morgan fingerprint density at radius 3 is 3.12 bits per heavy atom. The number of amides is 2. The molecule has 25 heavy (non-hydrogen) atoms. The number of carbonyl (C=O) groups excluding carboxylic acids is 1. The first-order chi connectivity index (χ1) is 12.0. The summed E-state index contributed by atoms with van der Waals surface area (Å²) in [5, 5.41) is 6.76.